The van der Waals surface area contributed by atoms with E-state index in [0.29, 0.717) is 5.75 Å². The minimum Gasteiger partial charge on any atom is -0.508 e. The molecule has 0 radical (unpaired) electrons. The van der Waals surface area contributed by atoms with E-state index in [2.05, 4.69) is 57.0 Å². The first-order valence-corrected chi connectivity index (χ1v) is 9.58. The number of benzene rings is 2. The van der Waals surface area contributed by atoms with Gasteiger partial charge in [0.2, 0.25) is 0 Å². The summed E-state index contributed by atoms with van der Waals surface area (Å²) in [5.41, 5.74) is 6.19. The number of phenolic OH excluding ortho intramolecular Hbond substituents is 1. The zero-order chi connectivity index (χ0) is 19.3. The number of ether oxygens (including phenoxy) is 1. The lowest BCUT2D eigenvalue weighted by molar-refractivity contribution is 0.128. The van der Waals surface area contributed by atoms with Crippen LogP contribution in [0, 0.1) is 13.8 Å². The summed E-state index contributed by atoms with van der Waals surface area (Å²) >= 11 is 0. The third-order valence-corrected chi connectivity index (χ3v) is 5.52. The number of H-pyrrole nitrogens is 1. The number of rotatable bonds is 3. The van der Waals surface area contributed by atoms with Gasteiger partial charge in [0.1, 0.15) is 17.1 Å². The van der Waals surface area contributed by atoms with Gasteiger partial charge in [-0.1, -0.05) is 11.6 Å². The van der Waals surface area contributed by atoms with E-state index in [0.717, 1.165) is 51.7 Å². The molecule has 2 aromatic carbocycles. The number of aromatic hydroxyl groups is 1. The van der Waals surface area contributed by atoms with Crippen LogP contribution in [-0.4, -0.2) is 15.7 Å². The van der Waals surface area contributed by atoms with Crippen molar-refractivity contribution in [3.8, 4) is 11.5 Å². The summed E-state index contributed by atoms with van der Waals surface area (Å²) in [6, 6.07) is 6.05. The van der Waals surface area contributed by atoms with E-state index in [1.54, 1.807) is 0 Å². The maximum absolute atomic E-state index is 10.1. The first-order chi connectivity index (χ1) is 12.8. The number of aryl methyl sites for hydroxylation is 2. The van der Waals surface area contributed by atoms with Crippen LogP contribution in [0.15, 0.2) is 35.9 Å². The van der Waals surface area contributed by atoms with Crippen molar-refractivity contribution in [2.24, 2.45) is 0 Å². The fourth-order valence-electron chi connectivity index (χ4n) is 3.93. The largest absolute Gasteiger partial charge is 0.508 e. The zero-order valence-corrected chi connectivity index (χ0v) is 16.7. The van der Waals surface area contributed by atoms with Crippen molar-refractivity contribution in [2.45, 2.75) is 53.1 Å². The van der Waals surface area contributed by atoms with E-state index in [1.807, 2.05) is 19.1 Å². The molecule has 2 N–H and O–H groups in total. The number of allylic oxidation sites excluding steroid dienone is 2. The third kappa shape index (κ3) is 3.01. The second-order valence-corrected chi connectivity index (χ2v) is 8.24. The smallest absolute Gasteiger partial charge is 0.132 e. The number of hydrogen-bond donors (Lipinski definition) is 2. The molecule has 0 bridgehead atoms. The Labute approximate surface area is 160 Å². The summed E-state index contributed by atoms with van der Waals surface area (Å²) in [4.78, 5) is 3.49. The van der Waals surface area contributed by atoms with Crippen molar-refractivity contribution < 1.29 is 9.84 Å². The Balaban J connectivity index is 1.82. The summed E-state index contributed by atoms with van der Waals surface area (Å²) < 4.78 is 6.50. The Kier molecular flexibility index (Phi) is 4.06. The van der Waals surface area contributed by atoms with E-state index in [1.165, 1.54) is 11.0 Å². The molecule has 1 aliphatic heterocycles. The summed E-state index contributed by atoms with van der Waals surface area (Å²) in [5, 5.41) is 12.4. The number of hydrogen-bond acceptors (Lipinski definition) is 2. The van der Waals surface area contributed by atoms with Gasteiger partial charge in [0.25, 0.3) is 0 Å². The highest BCUT2D eigenvalue weighted by Crippen LogP contribution is 2.42. The number of fused-ring (bicyclic) bond motifs is 5. The fraction of sp³-hybridized carbons (Fsp3) is 0.333. The molecule has 0 fully saturated rings. The standard InChI is InChI=1S/C24H27NO2/c1-14(2)7-6-9-24(5)10-8-17-22-19(12-16(4)23(17)27-24)18-11-15(3)21(26)13-20(18)25-22/h7-8,10-13,25-26H,6,9H2,1-5H3. The lowest BCUT2D eigenvalue weighted by Gasteiger charge is -2.32. The number of nitrogens with one attached hydrogen (secondary N) is 1. The average molecular weight is 361 g/mol. The SMILES string of the molecule is CC(C)=CCCC1(C)C=Cc2c(c(C)cc3c2[nH]c2cc(O)c(C)cc23)O1. The highest BCUT2D eigenvalue weighted by atomic mass is 16.5. The van der Waals surface area contributed by atoms with E-state index in [-0.39, 0.29) is 5.60 Å². The van der Waals surface area contributed by atoms with E-state index in [4.69, 9.17) is 4.74 Å². The van der Waals surface area contributed by atoms with Crippen LogP contribution in [0.3, 0.4) is 0 Å². The second kappa shape index (κ2) is 6.19. The van der Waals surface area contributed by atoms with Crippen LogP contribution in [0.5, 0.6) is 11.5 Å². The van der Waals surface area contributed by atoms with Gasteiger partial charge in [0.15, 0.2) is 0 Å². The van der Waals surface area contributed by atoms with Gasteiger partial charge in [-0.2, -0.15) is 0 Å². The van der Waals surface area contributed by atoms with Crippen LogP contribution in [0.2, 0.25) is 0 Å². The summed E-state index contributed by atoms with van der Waals surface area (Å²) in [6.07, 6.45) is 8.59. The Hall–Kier alpha value is -2.68. The predicted molar refractivity (Wildman–Crippen MR) is 114 cm³/mol. The lowest BCUT2D eigenvalue weighted by Crippen LogP contribution is -2.32. The van der Waals surface area contributed by atoms with Crippen LogP contribution >= 0.6 is 0 Å². The van der Waals surface area contributed by atoms with Crippen LogP contribution in [0.1, 0.15) is 50.3 Å². The fourth-order valence-corrected chi connectivity index (χ4v) is 3.93. The Bertz CT molecular complexity index is 1110. The summed E-state index contributed by atoms with van der Waals surface area (Å²) in [7, 11) is 0. The van der Waals surface area contributed by atoms with Gasteiger partial charge in [-0.05, 0) is 82.9 Å². The molecule has 1 aliphatic rings. The van der Waals surface area contributed by atoms with Gasteiger partial charge in [0.05, 0.1) is 11.0 Å². The summed E-state index contributed by atoms with van der Waals surface area (Å²) in [5.74, 6) is 1.27. The van der Waals surface area contributed by atoms with Crippen LogP contribution in [-0.2, 0) is 0 Å². The van der Waals surface area contributed by atoms with Crippen molar-refractivity contribution in [1.82, 2.24) is 4.98 Å². The maximum Gasteiger partial charge on any atom is 0.132 e. The minimum absolute atomic E-state index is 0.293. The quantitative estimate of drug-likeness (QED) is 0.519. The Morgan fingerprint density at radius 3 is 2.63 bits per heavy atom. The Morgan fingerprint density at radius 1 is 1.15 bits per heavy atom. The average Bonchev–Trinajstić information content (AvgIpc) is 2.92. The van der Waals surface area contributed by atoms with Gasteiger partial charge in [-0.15, -0.1) is 0 Å². The van der Waals surface area contributed by atoms with Gasteiger partial charge >= 0.3 is 0 Å². The monoisotopic (exact) mass is 361 g/mol. The van der Waals surface area contributed by atoms with Crippen molar-refractivity contribution in [1.29, 1.82) is 0 Å². The van der Waals surface area contributed by atoms with Gasteiger partial charge in [-0.3, -0.25) is 0 Å². The first kappa shape index (κ1) is 17.7. The lowest BCUT2D eigenvalue weighted by atomic mass is 9.92. The molecule has 1 atom stereocenters. The molecule has 3 nitrogen and oxygen atoms in total. The van der Waals surface area contributed by atoms with E-state index >= 15 is 0 Å². The van der Waals surface area contributed by atoms with E-state index < -0.39 is 0 Å². The molecule has 0 saturated heterocycles. The molecule has 0 saturated carbocycles. The van der Waals surface area contributed by atoms with Crippen molar-refractivity contribution in [3.63, 3.8) is 0 Å². The van der Waals surface area contributed by atoms with Gasteiger partial charge in [-0.25, -0.2) is 0 Å². The second-order valence-electron chi connectivity index (χ2n) is 8.24. The molecule has 1 unspecified atom stereocenters. The predicted octanol–water partition coefficient (Wildman–Crippen LogP) is 6.55. The Morgan fingerprint density at radius 2 is 1.89 bits per heavy atom. The topological polar surface area (TPSA) is 45.2 Å². The molecule has 140 valence electrons. The molecule has 0 spiro atoms. The maximum atomic E-state index is 10.1. The number of aromatic nitrogens is 1. The molecule has 0 amide bonds. The third-order valence-electron chi connectivity index (χ3n) is 5.52. The van der Waals surface area contributed by atoms with Crippen molar-refractivity contribution in [2.75, 3.05) is 0 Å². The number of aromatic amines is 1. The van der Waals surface area contributed by atoms with Crippen LogP contribution < -0.4 is 4.74 Å². The van der Waals surface area contributed by atoms with Gasteiger partial charge in [0, 0.05) is 22.4 Å². The first-order valence-electron chi connectivity index (χ1n) is 9.58. The molecule has 3 heteroatoms. The molecule has 1 aromatic heterocycles. The van der Waals surface area contributed by atoms with Gasteiger partial charge < -0.3 is 14.8 Å². The molecule has 4 rings (SSSR count). The van der Waals surface area contributed by atoms with E-state index in [9.17, 15) is 5.11 Å². The van der Waals surface area contributed by atoms with Crippen molar-refractivity contribution in [3.05, 3.63) is 52.6 Å². The normalized spacial score (nSPS) is 18.6. The van der Waals surface area contributed by atoms with Crippen molar-refractivity contribution >= 4 is 27.9 Å². The molecule has 3 aromatic rings. The number of phenols is 1. The molecular weight excluding hydrogens is 334 g/mol. The molecular formula is C24H27NO2. The molecule has 2 heterocycles. The highest BCUT2D eigenvalue weighted by molar-refractivity contribution is 6.11. The minimum atomic E-state index is -0.293. The zero-order valence-electron chi connectivity index (χ0n) is 16.7. The van der Waals surface area contributed by atoms with Crippen LogP contribution in [0.4, 0.5) is 0 Å². The molecule has 0 aliphatic carbocycles. The highest BCUT2D eigenvalue weighted by Gasteiger charge is 2.29. The van der Waals surface area contributed by atoms with Crippen LogP contribution in [0.25, 0.3) is 27.9 Å². The summed E-state index contributed by atoms with van der Waals surface area (Å²) in [6.45, 7) is 10.5. The molecule has 27 heavy (non-hydrogen) atoms.